The second kappa shape index (κ2) is 6.87. The maximum absolute atomic E-state index is 12.4. The molecule has 7 heteroatoms. The molecule has 0 bridgehead atoms. The Morgan fingerprint density at radius 2 is 2.16 bits per heavy atom. The summed E-state index contributed by atoms with van der Waals surface area (Å²) in [5.74, 6) is 0. The normalized spacial score (nSPS) is 11.5. The first kappa shape index (κ1) is 15.9. The molecule has 0 aromatic heterocycles. The Balaban J connectivity index is 3.22. The highest BCUT2D eigenvalue weighted by molar-refractivity contribution is 7.89. The quantitative estimate of drug-likeness (QED) is 0.865. The number of aliphatic hydroxyl groups excluding tert-OH is 1. The summed E-state index contributed by atoms with van der Waals surface area (Å²) in [6, 6.07) is 6.01. The Labute approximate surface area is 118 Å². The maximum Gasteiger partial charge on any atom is 0.244 e. The van der Waals surface area contributed by atoms with Crippen LogP contribution in [0.1, 0.15) is 18.9 Å². The minimum absolute atomic E-state index is 0.0759. The zero-order valence-electron chi connectivity index (χ0n) is 10.5. The number of hydrogen-bond acceptors (Lipinski definition) is 4. The molecule has 0 amide bonds. The van der Waals surface area contributed by atoms with Gasteiger partial charge >= 0.3 is 0 Å². The van der Waals surface area contributed by atoms with Crippen molar-refractivity contribution in [1.29, 1.82) is 5.26 Å². The topological polar surface area (TPSA) is 81.4 Å². The van der Waals surface area contributed by atoms with E-state index in [1.807, 2.05) is 6.07 Å². The average molecular weight is 303 g/mol. The molecule has 0 heterocycles. The van der Waals surface area contributed by atoms with Gasteiger partial charge < -0.3 is 5.11 Å². The van der Waals surface area contributed by atoms with Crippen LogP contribution in [0.2, 0.25) is 5.02 Å². The summed E-state index contributed by atoms with van der Waals surface area (Å²) in [6.45, 7) is 2.10. The standard InChI is InChI=1S/C12H15ClN2O3S/c1-2-15(6-3-7-16)19(17,18)12-8-10(9-14)4-5-11(12)13/h4-5,8,16H,2-3,6-7H2,1H3. The fourth-order valence-corrected chi connectivity index (χ4v) is 3.59. The largest absolute Gasteiger partial charge is 0.396 e. The van der Waals surface area contributed by atoms with Crippen molar-refractivity contribution in [2.75, 3.05) is 19.7 Å². The minimum atomic E-state index is -3.75. The van der Waals surface area contributed by atoms with Crippen molar-refractivity contribution in [3.05, 3.63) is 28.8 Å². The lowest BCUT2D eigenvalue weighted by molar-refractivity contribution is 0.271. The van der Waals surface area contributed by atoms with Crippen molar-refractivity contribution in [2.24, 2.45) is 0 Å². The van der Waals surface area contributed by atoms with Gasteiger partial charge in [-0.2, -0.15) is 9.57 Å². The Bertz CT molecular complexity index is 581. The number of nitrogens with zero attached hydrogens (tertiary/aromatic N) is 2. The van der Waals surface area contributed by atoms with Gasteiger partial charge in [-0.25, -0.2) is 8.42 Å². The molecular formula is C12H15ClN2O3S. The van der Waals surface area contributed by atoms with Crippen molar-refractivity contribution in [2.45, 2.75) is 18.2 Å². The highest BCUT2D eigenvalue weighted by Gasteiger charge is 2.25. The van der Waals surface area contributed by atoms with Gasteiger partial charge in [0.1, 0.15) is 4.90 Å². The van der Waals surface area contributed by atoms with E-state index < -0.39 is 10.0 Å². The van der Waals surface area contributed by atoms with Crippen LogP contribution in [-0.4, -0.2) is 37.5 Å². The molecule has 1 aromatic rings. The van der Waals surface area contributed by atoms with Crippen LogP contribution in [0.3, 0.4) is 0 Å². The van der Waals surface area contributed by atoms with Crippen LogP contribution < -0.4 is 0 Å². The first-order valence-corrected chi connectivity index (χ1v) is 7.59. The summed E-state index contributed by atoms with van der Waals surface area (Å²) in [5, 5.41) is 17.7. The Morgan fingerprint density at radius 1 is 1.47 bits per heavy atom. The molecule has 0 fully saturated rings. The van der Waals surface area contributed by atoms with E-state index in [-0.39, 0.29) is 35.2 Å². The Morgan fingerprint density at radius 3 is 2.68 bits per heavy atom. The molecule has 0 radical (unpaired) electrons. The van der Waals surface area contributed by atoms with E-state index >= 15 is 0 Å². The SMILES string of the molecule is CCN(CCCO)S(=O)(=O)c1cc(C#N)ccc1Cl. The van der Waals surface area contributed by atoms with Crippen LogP contribution in [0.15, 0.2) is 23.1 Å². The molecule has 1 aromatic carbocycles. The molecule has 1 rings (SSSR count). The minimum Gasteiger partial charge on any atom is -0.396 e. The number of halogens is 1. The first-order chi connectivity index (χ1) is 8.97. The van der Waals surface area contributed by atoms with Crippen molar-refractivity contribution < 1.29 is 13.5 Å². The molecule has 0 aliphatic carbocycles. The molecule has 19 heavy (non-hydrogen) atoms. The van der Waals surface area contributed by atoms with Crippen molar-refractivity contribution in [3.8, 4) is 6.07 Å². The number of hydrogen-bond donors (Lipinski definition) is 1. The van der Waals surface area contributed by atoms with Crippen molar-refractivity contribution in [1.82, 2.24) is 4.31 Å². The third kappa shape index (κ3) is 3.67. The van der Waals surface area contributed by atoms with Crippen molar-refractivity contribution >= 4 is 21.6 Å². The van der Waals surface area contributed by atoms with Gasteiger partial charge in [-0.15, -0.1) is 0 Å². The number of benzene rings is 1. The lowest BCUT2D eigenvalue weighted by atomic mass is 10.2. The Kier molecular flexibility index (Phi) is 5.76. The van der Waals surface area contributed by atoms with E-state index in [0.717, 1.165) is 0 Å². The van der Waals surface area contributed by atoms with Gasteiger partial charge in [0.2, 0.25) is 10.0 Å². The molecule has 0 saturated carbocycles. The summed E-state index contributed by atoms with van der Waals surface area (Å²) < 4.78 is 26.0. The summed E-state index contributed by atoms with van der Waals surface area (Å²) >= 11 is 5.91. The van der Waals surface area contributed by atoms with Gasteiger partial charge in [-0.1, -0.05) is 18.5 Å². The third-order valence-corrected chi connectivity index (χ3v) is 5.05. The van der Waals surface area contributed by atoms with Crippen LogP contribution in [0.25, 0.3) is 0 Å². The molecule has 0 unspecified atom stereocenters. The van der Waals surface area contributed by atoms with Crippen molar-refractivity contribution in [3.63, 3.8) is 0 Å². The predicted molar refractivity (Wildman–Crippen MR) is 72.3 cm³/mol. The van der Waals surface area contributed by atoms with E-state index in [0.29, 0.717) is 6.42 Å². The Hall–Kier alpha value is -1.13. The van der Waals surface area contributed by atoms with Gasteiger partial charge in [0.05, 0.1) is 16.7 Å². The van der Waals surface area contributed by atoms with Gasteiger partial charge in [0.25, 0.3) is 0 Å². The maximum atomic E-state index is 12.4. The molecule has 0 spiro atoms. The zero-order chi connectivity index (χ0) is 14.5. The number of aliphatic hydroxyl groups is 1. The summed E-state index contributed by atoms with van der Waals surface area (Å²) in [7, 11) is -3.75. The highest BCUT2D eigenvalue weighted by atomic mass is 35.5. The van der Waals surface area contributed by atoms with E-state index in [9.17, 15) is 8.42 Å². The van der Waals surface area contributed by atoms with E-state index in [2.05, 4.69) is 0 Å². The number of nitriles is 1. The van der Waals surface area contributed by atoms with Gasteiger partial charge in [0, 0.05) is 19.7 Å². The van der Waals surface area contributed by atoms with Gasteiger partial charge in [0.15, 0.2) is 0 Å². The summed E-state index contributed by atoms with van der Waals surface area (Å²) in [5.41, 5.74) is 0.237. The van der Waals surface area contributed by atoms with Gasteiger partial charge in [-0.05, 0) is 24.6 Å². The monoisotopic (exact) mass is 302 g/mol. The lowest BCUT2D eigenvalue weighted by Gasteiger charge is -2.20. The second-order valence-corrected chi connectivity index (χ2v) is 6.14. The second-order valence-electron chi connectivity index (χ2n) is 3.83. The van der Waals surface area contributed by atoms with Gasteiger partial charge in [-0.3, -0.25) is 0 Å². The van der Waals surface area contributed by atoms with Crippen LogP contribution in [0, 0.1) is 11.3 Å². The fourth-order valence-electron chi connectivity index (χ4n) is 1.60. The van der Waals surface area contributed by atoms with Crippen LogP contribution in [-0.2, 0) is 10.0 Å². The van der Waals surface area contributed by atoms with Crippen LogP contribution >= 0.6 is 11.6 Å². The lowest BCUT2D eigenvalue weighted by Crippen LogP contribution is -2.32. The molecular weight excluding hydrogens is 288 g/mol. The molecule has 0 atom stereocenters. The summed E-state index contributed by atoms with van der Waals surface area (Å²) in [6.07, 6.45) is 0.350. The molecule has 0 saturated heterocycles. The van der Waals surface area contributed by atoms with E-state index in [1.54, 1.807) is 6.92 Å². The van der Waals surface area contributed by atoms with E-state index in [1.165, 1.54) is 22.5 Å². The van der Waals surface area contributed by atoms with E-state index in [4.69, 9.17) is 22.0 Å². The van der Waals surface area contributed by atoms with Crippen LogP contribution in [0.4, 0.5) is 0 Å². The smallest absolute Gasteiger partial charge is 0.244 e. The number of sulfonamides is 1. The fraction of sp³-hybridized carbons (Fsp3) is 0.417. The predicted octanol–water partition coefficient (Wildman–Crippen LogP) is 1.60. The highest BCUT2D eigenvalue weighted by Crippen LogP contribution is 2.25. The van der Waals surface area contributed by atoms with Crippen LogP contribution in [0.5, 0.6) is 0 Å². The number of rotatable bonds is 6. The average Bonchev–Trinajstić information content (AvgIpc) is 2.39. The zero-order valence-corrected chi connectivity index (χ0v) is 12.1. The third-order valence-electron chi connectivity index (χ3n) is 2.60. The molecule has 5 nitrogen and oxygen atoms in total. The molecule has 1 N–H and O–H groups in total. The molecule has 0 aliphatic rings. The first-order valence-electron chi connectivity index (χ1n) is 5.78. The summed E-state index contributed by atoms with van der Waals surface area (Å²) in [4.78, 5) is -0.0759. The molecule has 104 valence electrons. The molecule has 0 aliphatic heterocycles.